The molecule has 0 amide bonds. The van der Waals surface area contributed by atoms with Gasteiger partial charge in [-0.25, -0.2) is 0 Å². The van der Waals surface area contributed by atoms with E-state index in [1.807, 2.05) is 0 Å². The summed E-state index contributed by atoms with van der Waals surface area (Å²) in [6.07, 6.45) is -5.88. The van der Waals surface area contributed by atoms with Gasteiger partial charge in [-0.3, -0.25) is 14.4 Å². The molecule has 30 heavy (non-hydrogen) atoms. The summed E-state index contributed by atoms with van der Waals surface area (Å²) in [6, 6.07) is -2.08. The largest absolute Gasteiger partial charge is 0.481 e. The fraction of sp³-hybridized carbons (Fsp3) is 0.833. The van der Waals surface area contributed by atoms with Gasteiger partial charge >= 0.3 is 5.97 Å². The Balaban J connectivity index is 2.63. The molecule has 174 valence electrons. The van der Waals surface area contributed by atoms with E-state index >= 15 is 0 Å². The number of carboxylic acids is 1. The van der Waals surface area contributed by atoms with Crippen molar-refractivity contribution in [2.45, 2.75) is 62.6 Å². The molecule has 1 saturated heterocycles. The number of ketones is 2. The minimum Gasteiger partial charge on any atom is -0.481 e. The Hall–Kier alpha value is -1.51. The average molecular weight is 436 g/mol. The zero-order valence-corrected chi connectivity index (χ0v) is 17.3. The number of aliphatic carboxylic acids is 1. The van der Waals surface area contributed by atoms with Crippen molar-refractivity contribution >= 4 is 17.5 Å². The molecule has 0 aromatic heterocycles. The van der Waals surface area contributed by atoms with Crippen molar-refractivity contribution < 1.29 is 49.0 Å². The third-order valence-electron chi connectivity index (χ3n) is 5.07. The molecule has 0 aromatic rings. The molecule has 0 saturated carbocycles. The number of rotatable bonds is 13. The molecule has 7 N–H and O–H groups in total. The summed E-state index contributed by atoms with van der Waals surface area (Å²) in [5.74, 6) is -3.75. The van der Waals surface area contributed by atoms with Crippen LogP contribution in [0.1, 0.15) is 19.8 Å². The van der Waals surface area contributed by atoms with E-state index in [0.717, 1.165) is 0 Å². The Morgan fingerprint density at radius 1 is 1.20 bits per heavy atom. The third-order valence-corrected chi connectivity index (χ3v) is 5.07. The van der Waals surface area contributed by atoms with E-state index in [9.17, 15) is 29.7 Å². The lowest BCUT2D eigenvalue weighted by atomic mass is 9.93. The summed E-state index contributed by atoms with van der Waals surface area (Å²) >= 11 is 0. The molecule has 1 fully saturated rings. The molecule has 0 bridgehead atoms. The highest BCUT2D eigenvalue weighted by Crippen LogP contribution is 2.23. The lowest BCUT2D eigenvalue weighted by Gasteiger charge is -2.43. The smallest absolute Gasteiger partial charge is 0.309 e. The Bertz CT molecular complexity index is 587. The second-order valence-electron chi connectivity index (χ2n) is 7.26. The van der Waals surface area contributed by atoms with Crippen LogP contribution in [0.25, 0.3) is 0 Å². The van der Waals surface area contributed by atoms with Crippen LogP contribution in [0.5, 0.6) is 0 Å². The number of methoxy groups -OCH3 is 2. The quantitative estimate of drug-likeness (QED) is 0.171. The molecule has 1 rings (SSSR count). The number of nitrogens with one attached hydrogen (secondary N) is 1. The molecule has 1 aliphatic rings. The van der Waals surface area contributed by atoms with Crippen LogP contribution < -0.4 is 11.1 Å². The zero-order chi connectivity index (χ0) is 23.0. The molecule has 12 heteroatoms. The number of hydrogen-bond donors (Lipinski definition) is 6. The van der Waals surface area contributed by atoms with E-state index in [2.05, 4.69) is 5.32 Å². The first-order valence-corrected chi connectivity index (χ1v) is 9.51. The van der Waals surface area contributed by atoms with Crippen LogP contribution in [0.15, 0.2) is 0 Å². The van der Waals surface area contributed by atoms with Crippen molar-refractivity contribution in [3.63, 3.8) is 0 Å². The summed E-state index contributed by atoms with van der Waals surface area (Å²) in [5, 5.41) is 41.1. The van der Waals surface area contributed by atoms with Gasteiger partial charge in [0.05, 0.1) is 37.3 Å². The predicted molar refractivity (Wildman–Crippen MR) is 101 cm³/mol. The van der Waals surface area contributed by atoms with Crippen LogP contribution >= 0.6 is 0 Å². The highest BCUT2D eigenvalue weighted by molar-refractivity contribution is 5.92. The van der Waals surface area contributed by atoms with Crippen LogP contribution in [0.2, 0.25) is 0 Å². The Morgan fingerprint density at radius 3 is 2.30 bits per heavy atom. The predicted octanol–water partition coefficient (Wildman–Crippen LogP) is -2.99. The monoisotopic (exact) mass is 436 g/mol. The van der Waals surface area contributed by atoms with Gasteiger partial charge in [0.25, 0.3) is 0 Å². The molecule has 1 aliphatic heterocycles. The average Bonchev–Trinajstić information content (AvgIpc) is 2.69. The summed E-state index contributed by atoms with van der Waals surface area (Å²) in [5.41, 5.74) is 5.72. The molecule has 1 heterocycles. The molecule has 0 aromatic carbocycles. The summed E-state index contributed by atoms with van der Waals surface area (Å²) in [7, 11) is 2.68. The van der Waals surface area contributed by atoms with E-state index in [1.54, 1.807) is 0 Å². The second-order valence-corrected chi connectivity index (χ2v) is 7.26. The summed E-state index contributed by atoms with van der Waals surface area (Å²) in [4.78, 5) is 35.4. The van der Waals surface area contributed by atoms with Crippen LogP contribution in [-0.2, 0) is 28.6 Å². The van der Waals surface area contributed by atoms with Gasteiger partial charge in [0.15, 0.2) is 12.1 Å². The van der Waals surface area contributed by atoms with Crippen LogP contribution in [0.4, 0.5) is 0 Å². The van der Waals surface area contributed by atoms with Gasteiger partial charge in [-0.15, -0.1) is 0 Å². The Morgan fingerprint density at radius 2 is 1.83 bits per heavy atom. The van der Waals surface area contributed by atoms with Gasteiger partial charge in [-0.05, 0) is 6.92 Å². The van der Waals surface area contributed by atoms with Gasteiger partial charge < -0.3 is 45.7 Å². The maximum absolute atomic E-state index is 12.2. The molecule has 0 radical (unpaired) electrons. The van der Waals surface area contributed by atoms with Gasteiger partial charge in [0, 0.05) is 27.1 Å². The minimum atomic E-state index is -1.33. The van der Waals surface area contributed by atoms with Crippen LogP contribution in [-0.4, -0.2) is 108 Å². The van der Waals surface area contributed by atoms with Crippen molar-refractivity contribution in [1.82, 2.24) is 5.32 Å². The lowest BCUT2D eigenvalue weighted by molar-refractivity contribution is -0.267. The van der Waals surface area contributed by atoms with Gasteiger partial charge in [0.2, 0.25) is 0 Å². The first-order valence-electron chi connectivity index (χ1n) is 9.51. The highest BCUT2D eigenvalue weighted by atomic mass is 16.7. The van der Waals surface area contributed by atoms with Crippen LogP contribution in [0, 0.1) is 5.92 Å². The number of aliphatic hydroxyl groups excluding tert-OH is 3. The third kappa shape index (κ3) is 7.03. The van der Waals surface area contributed by atoms with E-state index in [-0.39, 0.29) is 13.0 Å². The molecule has 8 atom stereocenters. The SMILES string of the molecule is CO[C@@H]1OC(CO)[C@@H](OC)[C@H](O)C1NCC(=O)CC(N)C(=O)CC(C(=O)O)C(C)O. The van der Waals surface area contributed by atoms with E-state index in [0.29, 0.717) is 0 Å². The van der Waals surface area contributed by atoms with E-state index < -0.39 is 79.3 Å². The summed E-state index contributed by atoms with van der Waals surface area (Å²) in [6.45, 7) is 0.581. The van der Waals surface area contributed by atoms with Crippen molar-refractivity contribution in [2.75, 3.05) is 27.4 Å². The van der Waals surface area contributed by atoms with E-state index in [1.165, 1.54) is 21.1 Å². The number of carbonyl (C=O) groups excluding carboxylic acids is 2. The molecule has 0 spiro atoms. The number of carboxylic acid groups (broad SMARTS) is 1. The Kier molecular flexibility index (Phi) is 10.9. The molecular formula is C18H32N2O10. The minimum absolute atomic E-state index is 0.273. The number of hydrogen-bond acceptors (Lipinski definition) is 11. The second kappa shape index (κ2) is 12.4. The molecule has 12 nitrogen and oxygen atoms in total. The van der Waals surface area contributed by atoms with Gasteiger partial charge in [0.1, 0.15) is 24.1 Å². The maximum Gasteiger partial charge on any atom is 0.309 e. The van der Waals surface area contributed by atoms with Crippen molar-refractivity contribution in [3.05, 3.63) is 0 Å². The number of carbonyl (C=O) groups is 3. The number of Topliss-reactive ketones (excluding diaryl/α,β-unsaturated/α-hetero) is 2. The molecular weight excluding hydrogens is 404 g/mol. The zero-order valence-electron chi connectivity index (χ0n) is 17.3. The number of ether oxygens (including phenoxy) is 3. The normalized spacial score (nSPS) is 29.8. The fourth-order valence-electron chi connectivity index (χ4n) is 3.27. The Labute approximate surface area is 174 Å². The fourth-order valence-corrected chi connectivity index (χ4v) is 3.27. The van der Waals surface area contributed by atoms with Gasteiger partial charge in [-0.1, -0.05) is 0 Å². The standard InChI is InChI=1S/C18H32N2O10/c1-8(22)10(17(26)27)5-12(24)11(19)4-9(23)6-20-14-15(25)16(28-2)13(7-21)30-18(14)29-3/h8,10-11,13-16,18,20-22,25H,4-7,19H2,1-3H3,(H,26,27)/t8?,10?,11?,13?,14?,15-,16-,18-/m1/s1. The van der Waals surface area contributed by atoms with Crippen LogP contribution in [0.3, 0.4) is 0 Å². The number of aliphatic hydroxyl groups is 3. The lowest BCUT2D eigenvalue weighted by Crippen LogP contribution is -2.64. The van der Waals surface area contributed by atoms with E-state index in [4.69, 9.17) is 25.1 Å². The first-order chi connectivity index (χ1) is 14.1. The molecule has 0 aliphatic carbocycles. The van der Waals surface area contributed by atoms with Crippen molar-refractivity contribution in [2.24, 2.45) is 11.7 Å². The first kappa shape index (κ1) is 26.5. The maximum atomic E-state index is 12.2. The number of nitrogens with two attached hydrogens (primary N) is 1. The van der Waals surface area contributed by atoms with Gasteiger partial charge in [-0.2, -0.15) is 0 Å². The van der Waals surface area contributed by atoms with Crippen molar-refractivity contribution in [3.8, 4) is 0 Å². The topological polar surface area (TPSA) is 198 Å². The summed E-state index contributed by atoms with van der Waals surface area (Å²) < 4.78 is 15.8. The molecule has 5 unspecified atom stereocenters. The highest BCUT2D eigenvalue weighted by Gasteiger charge is 2.45. The van der Waals surface area contributed by atoms with Crippen molar-refractivity contribution in [1.29, 1.82) is 0 Å².